The van der Waals surface area contributed by atoms with Crippen LogP contribution in [0.25, 0.3) is 22.1 Å². The first-order valence-electron chi connectivity index (χ1n) is 15.1. The smallest absolute Gasteiger partial charge is 0.259 e. The number of amides is 2. The van der Waals surface area contributed by atoms with Gasteiger partial charge >= 0.3 is 0 Å². The summed E-state index contributed by atoms with van der Waals surface area (Å²) in [5, 5.41) is 21.0. The quantitative estimate of drug-likeness (QED) is 0.118. The number of anilines is 4. The summed E-state index contributed by atoms with van der Waals surface area (Å²) in [7, 11) is 0. The Morgan fingerprint density at radius 2 is 1.47 bits per heavy atom. The minimum atomic E-state index is -0.588. The van der Waals surface area contributed by atoms with E-state index in [9.17, 15) is 9.59 Å². The molecule has 0 aromatic carbocycles. The van der Waals surface area contributed by atoms with Crippen LogP contribution < -0.4 is 22.1 Å². The summed E-state index contributed by atoms with van der Waals surface area (Å²) in [6.07, 6.45) is 6.07. The largest absolute Gasteiger partial charge is 0.383 e. The molecule has 0 aliphatic heterocycles. The number of aromatic nitrogens is 10. The highest BCUT2D eigenvalue weighted by atomic mass is 16.2. The molecular weight excluding hydrogens is 600 g/mol. The van der Waals surface area contributed by atoms with Crippen LogP contribution in [0.15, 0.2) is 37.2 Å². The maximum absolute atomic E-state index is 13.5. The molecule has 244 valence electrons. The Morgan fingerprint density at radius 3 is 2.15 bits per heavy atom. The molecule has 0 radical (unpaired) electrons. The van der Waals surface area contributed by atoms with Crippen LogP contribution in [-0.4, -0.2) is 61.7 Å². The summed E-state index contributed by atoms with van der Waals surface area (Å²) >= 11 is 0. The highest BCUT2D eigenvalue weighted by Crippen LogP contribution is 2.49. The summed E-state index contributed by atoms with van der Waals surface area (Å²) in [5.74, 6) is 0.466. The van der Waals surface area contributed by atoms with E-state index in [1.54, 1.807) is 18.5 Å². The highest BCUT2D eigenvalue weighted by molar-refractivity contribution is 6.15. The van der Waals surface area contributed by atoms with Gasteiger partial charge in [-0.15, -0.1) is 0 Å². The molecule has 9 N–H and O–H groups in total. The molecule has 0 fully saturated rings. The van der Waals surface area contributed by atoms with Gasteiger partial charge in [-0.2, -0.15) is 10.2 Å². The molecule has 16 nitrogen and oxygen atoms in total. The molecule has 6 aromatic heterocycles. The van der Waals surface area contributed by atoms with E-state index in [2.05, 4.69) is 97.5 Å². The molecule has 0 saturated carbocycles. The van der Waals surface area contributed by atoms with Gasteiger partial charge < -0.3 is 31.7 Å². The zero-order chi connectivity index (χ0) is 33.8. The number of nitrogen functional groups attached to an aromatic ring is 2. The molecule has 0 saturated heterocycles. The molecule has 2 amide bonds. The normalized spacial score (nSPS) is 13.6. The van der Waals surface area contributed by atoms with Crippen molar-refractivity contribution >= 4 is 57.2 Å². The number of carbonyl (C=O) groups excluding carboxylic acids is 2. The Kier molecular flexibility index (Phi) is 7.45. The van der Waals surface area contributed by atoms with Gasteiger partial charge in [0, 0.05) is 47.4 Å². The summed E-state index contributed by atoms with van der Waals surface area (Å²) in [6, 6.07) is 3.57. The van der Waals surface area contributed by atoms with Crippen LogP contribution in [0.1, 0.15) is 79.6 Å². The van der Waals surface area contributed by atoms with Gasteiger partial charge in [-0.25, -0.2) is 19.9 Å². The number of nitrogens with one attached hydrogen (secondary N) is 5. The maximum Gasteiger partial charge on any atom is 0.259 e. The van der Waals surface area contributed by atoms with Gasteiger partial charge in [0.05, 0.1) is 21.9 Å². The van der Waals surface area contributed by atoms with E-state index >= 15 is 0 Å². The average Bonchev–Trinajstić information content (AvgIpc) is 3.82. The van der Waals surface area contributed by atoms with Crippen molar-refractivity contribution < 1.29 is 9.59 Å². The zero-order valence-corrected chi connectivity index (χ0v) is 27.2. The van der Waals surface area contributed by atoms with Crippen molar-refractivity contribution in [3.8, 4) is 0 Å². The van der Waals surface area contributed by atoms with Gasteiger partial charge in [0.1, 0.15) is 35.6 Å². The molecule has 6 aromatic rings. The standard InChI is InChI=1S/C31H38N14O2/c1-14-8-20(43-41-14)39-29(47)18-11-45(27-23(18)25(33)36-13-38-27)31(6,7)30(4,5)16(3)15(2)19-9-21(44-42-19)40-28(46)17-10-34-26-22(17)24(32)35-12-37-26/h8-13,15-16H,1-7H3,(H2,33,36,38)(H3,32,34,35,37)(H2,39,41,43,47)(H2,40,42,44,46). The second-order valence-electron chi connectivity index (χ2n) is 13.0. The molecule has 16 heteroatoms. The predicted molar refractivity (Wildman–Crippen MR) is 179 cm³/mol. The third-order valence-corrected chi connectivity index (χ3v) is 9.95. The Labute approximate surface area is 269 Å². The van der Waals surface area contributed by atoms with Crippen molar-refractivity contribution in [2.45, 2.75) is 59.9 Å². The monoisotopic (exact) mass is 638 g/mol. The van der Waals surface area contributed by atoms with Crippen molar-refractivity contribution in [1.29, 1.82) is 0 Å². The molecule has 2 atom stereocenters. The lowest BCUT2D eigenvalue weighted by atomic mass is 9.62. The Morgan fingerprint density at radius 1 is 0.851 bits per heavy atom. The second kappa shape index (κ2) is 11.2. The number of hydrogen-bond acceptors (Lipinski definition) is 10. The van der Waals surface area contributed by atoms with Crippen molar-refractivity contribution in [1.82, 2.24) is 49.9 Å². The topological polar surface area (TPSA) is 240 Å². The van der Waals surface area contributed by atoms with Crippen molar-refractivity contribution in [2.24, 2.45) is 11.3 Å². The predicted octanol–water partition coefficient (Wildman–Crippen LogP) is 4.33. The number of rotatable bonds is 9. The minimum Gasteiger partial charge on any atom is -0.383 e. The van der Waals surface area contributed by atoms with Gasteiger partial charge in [0.15, 0.2) is 11.6 Å². The number of aryl methyl sites for hydroxylation is 1. The van der Waals surface area contributed by atoms with Crippen LogP contribution >= 0.6 is 0 Å². The van der Waals surface area contributed by atoms with E-state index in [-0.39, 0.29) is 35.3 Å². The molecular formula is C31H38N14O2. The summed E-state index contributed by atoms with van der Waals surface area (Å²) in [6.45, 7) is 14.7. The van der Waals surface area contributed by atoms with Gasteiger partial charge in [0.25, 0.3) is 11.8 Å². The lowest BCUT2D eigenvalue weighted by Crippen LogP contribution is -2.47. The van der Waals surface area contributed by atoms with E-state index in [1.165, 1.54) is 12.7 Å². The van der Waals surface area contributed by atoms with E-state index in [4.69, 9.17) is 11.5 Å². The van der Waals surface area contributed by atoms with Gasteiger partial charge in [-0.1, -0.05) is 27.7 Å². The first kappa shape index (κ1) is 31.2. The minimum absolute atomic E-state index is 0.0215. The first-order valence-corrected chi connectivity index (χ1v) is 15.1. The van der Waals surface area contributed by atoms with Crippen molar-refractivity contribution in [3.05, 3.63) is 59.7 Å². The number of fused-ring (bicyclic) bond motifs is 2. The van der Waals surface area contributed by atoms with E-state index < -0.39 is 11.0 Å². The van der Waals surface area contributed by atoms with Gasteiger partial charge in [0.2, 0.25) is 0 Å². The number of hydrogen-bond donors (Lipinski definition) is 7. The molecule has 2 unspecified atom stereocenters. The summed E-state index contributed by atoms with van der Waals surface area (Å²) < 4.78 is 2.00. The Hall–Kier alpha value is -5.80. The van der Waals surface area contributed by atoms with Crippen molar-refractivity contribution in [3.63, 3.8) is 0 Å². The third-order valence-electron chi connectivity index (χ3n) is 9.95. The molecule has 0 aliphatic carbocycles. The SMILES string of the molecule is Cc1cc(NC(=O)c2cn(C(C)(C)C(C)(C)C(C)C(C)c3cc(NC(=O)c4c[nH]c5ncnc(N)c45)n[nH]3)c3ncnc(N)c23)n[nH]1. The molecule has 0 bridgehead atoms. The maximum atomic E-state index is 13.5. The molecule has 47 heavy (non-hydrogen) atoms. The van der Waals surface area contributed by atoms with Crippen molar-refractivity contribution in [2.75, 3.05) is 22.1 Å². The third kappa shape index (κ3) is 5.20. The highest BCUT2D eigenvalue weighted by Gasteiger charge is 2.46. The number of nitrogens with two attached hydrogens (primary N) is 2. The van der Waals surface area contributed by atoms with Crippen LogP contribution in [0.5, 0.6) is 0 Å². The molecule has 6 heterocycles. The fourth-order valence-electron chi connectivity index (χ4n) is 6.09. The first-order chi connectivity index (χ1) is 22.2. The van der Waals surface area contributed by atoms with Crippen LogP contribution in [0.3, 0.4) is 0 Å². The van der Waals surface area contributed by atoms with E-state index in [1.807, 2.05) is 17.6 Å². The van der Waals surface area contributed by atoms with Crippen LogP contribution in [0.2, 0.25) is 0 Å². The van der Waals surface area contributed by atoms with Gasteiger partial charge in [-0.05, 0) is 32.1 Å². The Bertz CT molecular complexity index is 2130. The van der Waals surface area contributed by atoms with Crippen LogP contribution in [0.4, 0.5) is 23.3 Å². The fraction of sp³-hybridized carbons (Fsp3) is 0.355. The number of H-pyrrole nitrogens is 3. The zero-order valence-electron chi connectivity index (χ0n) is 27.2. The van der Waals surface area contributed by atoms with Crippen LogP contribution in [0, 0.1) is 18.3 Å². The van der Waals surface area contributed by atoms with Gasteiger partial charge in [-0.3, -0.25) is 19.8 Å². The second-order valence-corrected chi connectivity index (χ2v) is 13.0. The van der Waals surface area contributed by atoms with E-state index in [0.717, 1.165) is 11.4 Å². The summed E-state index contributed by atoms with van der Waals surface area (Å²) in [4.78, 5) is 46.4. The number of aromatic amines is 3. The Balaban J connectivity index is 1.26. The van der Waals surface area contributed by atoms with E-state index in [0.29, 0.717) is 44.8 Å². The number of carbonyl (C=O) groups is 2. The average molecular weight is 639 g/mol. The fourth-order valence-corrected chi connectivity index (χ4v) is 6.09. The molecule has 6 rings (SSSR count). The lowest BCUT2D eigenvalue weighted by molar-refractivity contribution is 0.0472. The molecule has 0 spiro atoms. The molecule has 0 aliphatic rings. The van der Waals surface area contributed by atoms with Crippen LogP contribution in [-0.2, 0) is 5.54 Å². The number of nitrogens with zero attached hydrogens (tertiary/aromatic N) is 7. The summed E-state index contributed by atoms with van der Waals surface area (Å²) in [5.41, 5.74) is 14.7. The lowest BCUT2D eigenvalue weighted by Gasteiger charge is -2.48.